The van der Waals surface area contributed by atoms with Gasteiger partial charge in [-0.2, -0.15) is 0 Å². The fourth-order valence-corrected chi connectivity index (χ4v) is 2.60. The summed E-state index contributed by atoms with van der Waals surface area (Å²) >= 11 is -0.586. The van der Waals surface area contributed by atoms with Crippen molar-refractivity contribution in [3.63, 3.8) is 0 Å². The largest absolute Gasteiger partial charge is 0.577 e. The van der Waals surface area contributed by atoms with E-state index in [9.17, 15) is 0 Å². The van der Waals surface area contributed by atoms with Crippen LogP contribution in [-0.4, -0.2) is 9.97 Å². The summed E-state index contributed by atoms with van der Waals surface area (Å²) < 4.78 is 0. The van der Waals surface area contributed by atoms with Crippen molar-refractivity contribution in [2.45, 2.75) is 78.1 Å². The molecule has 2 aromatic rings. The van der Waals surface area contributed by atoms with Gasteiger partial charge in [-0.15, -0.1) is 0 Å². The summed E-state index contributed by atoms with van der Waals surface area (Å²) in [5.41, 5.74) is 14.2. The van der Waals surface area contributed by atoms with Crippen LogP contribution in [0.1, 0.15) is 76.3 Å². The second-order valence-electron chi connectivity index (χ2n) is 6.40. The number of rotatable bonds is 10. The maximum absolute atomic E-state index is 7.25. The molecular formula is C22H34Cl2MoN4O2-2. The minimum absolute atomic E-state index is 0.586. The van der Waals surface area contributed by atoms with Crippen LogP contribution >= 0.6 is 18.8 Å². The van der Waals surface area contributed by atoms with Crippen molar-refractivity contribution in [1.82, 2.24) is 9.97 Å². The molecule has 6 nitrogen and oxygen atoms in total. The van der Waals surface area contributed by atoms with E-state index >= 15 is 0 Å². The molecule has 176 valence electrons. The molecule has 0 N–H and O–H groups in total. The van der Waals surface area contributed by atoms with Gasteiger partial charge in [0, 0.05) is 24.8 Å². The molecule has 2 heterocycles. The standard InChI is InChI=1S/2C11H17N.2ClH.Mo.2NO/c2*1-2-3-4-5-7-11-8-6-9-12-10-11;;;;2*1-2/h2*6,8-10H,2-5,7H2,1H3;2*1H;;;/q;;;;+2;2*-1/p-2. The minimum atomic E-state index is -0.586. The second kappa shape index (κ2) is 33.4. The van der Waals surface area contributed by atoms with Crippen LogP contribution < -0.4 is 0 Å². The number of pyridine rings is 2. The van der Waals surface area contributed by atoms with Crippen molar-refractivity contribution >= 4 is 18.8 Å². The van der Waals surface area contributed by atoms with Gasteiger partial charge in [-0.1, -0.05) is 64.5 Å². The van der Waals surface area contributed by atoms with Gasteiger partial charge in [-0.05, 0) is 48.9 Å². The Morgan fingerprint density at radius 3 is 1.32 bits per heavy atom. The molecular weight excluding hydrogens is 519 g/mol. The Hall–Kier alpha value is -1.23. The van der Waals surface area contributed by atoms with Crippen molar-refractivity contribution in [2.24, 2.45) is 0 Å². The molecule has 2 rings (SSSR count). The Labute approximate surface area is 203 Å². The second-order valence-corrected chi connectivity index (χ2v) is 9.45. The summed E-state index contributed by atoms with van der Waals surface area (Å²) in [5, 5.41) is 0. The van der Waals surface area contributed by atoms with Crippen LogP contribution in [0.5, 0.6) is 0 Å². The predicted octanol–water partition coefficient (Wildman–Crippen LogP) is 8.43. The third-order valence-electron chi connectivity index (χ3n) is 4.08. The van der Waals surface area contributed by atoms with Gasteiger partial charge in [-0.3, -0.25) is 9.97 Å². The van der Waals surface area contributed by atoms with E-state index in [4.69, 9.17) is 39.8 Å². The molecule has 0 radical (unpaired) electrons. The van der Waals surface area contributed by atoms with E-state index in [-0.39, 0.29) is 0 Å². The molecule has 0 atom stereocenters. The average molecular weight is 553 g/mol. The van der Waals surface area contributed by atoms with E-state index in [1.165, 1.54) is 75.3 Å². The van der Waals surface area contributed by atoms with E-state index in [1.54, 1.807) is 0 Å². The third-order valence-corrected chi connectivity index (χ3v) is 4.08. The van der Waals surface area contributed by atoms with Gasteiger partial charge in [-0.25, -0.2) is 0 Å². The zero-order valence-corrected chi connectivity index (χ0v) is 22.0. The number of unbranched alkanes of at least 4 members (excludes halogenated alkanes) is 6. The van der Waals surface area contributed by atoms with E-state index in [0.29, 0.717) is 0 Å². The number of hydrogen-bond acceptors (Lipinski definition) is 4. The molecule has 31 heavy (non-hydrogen) atoms. The van der Waals surface area contributed by atoms with Gasteiger partial charge >= 0.3 is 35.3 Å². The van der Waals surface area contributed by atoms with Crippen LogP contribution in [0.4, 0.5) is 0 Å². The van der Waals surface area contributed by atoms with Gasteiger partial charge in [0.1, 0.15) is 0 Å². The van der Waals surface area contributed by atoms with Crippen LogP contribution in [-0.2, 0) is 29.3 Å². The number of aryl methyl sites for hydroxylation is 2. The molecule has 2 aromatic heterocycles. The maximum Gasteiger partial charge on any atom is -0.423 e. The average Bonchev–Trinajstić information content (AvgIpc) is 2.84. The molecule has 0 aliphatic rings. The van der Waals surface area contributed by atoms with E-state index < -0.39 is 16.5 Å². The summed E-state index contributed by atoms with van der Waals surface area (Å²) in [7, 11) is 9.79. The fourth-order valence-electron chi connectivity index (χ4n) is 2.60. The van der Waals surface area contributed by atoms with E-state index in [2.05, 4.69) is 35.9 Å². The Morgan fingerprint density at radius 1 is 0.710 bits per heavy atom. The molecule has 0 saturated carbocycles. The third kappa shape index (κ3) is 28.8. The first kappa shape index (κ1) is 34.4. The van der Waals surface area contributed by atoms with Crippen molar-refractivity contribution in [1.29, 1.82) is 0 Å². The van der Waals surface area contributed by atoms with Crippen molar-refractivity contribution < 1.29 is 16.5 Å². The molecule has 0 aromatic carbocycles. The predicted molar refractivity (Wildman–Crippen MR) is 129 cm³/mol. The zero-order valence-electron chi connectivity index (χ0n) is 18.5. The van der Waals surface area contributed by atoms with E-state index in [0.717, 1.165) is 0 Å². The maximum atomic E-state index is 7.25. The SMILES string of the molecule is CCCCCCc1cccnc1.CCCCCCc1cccnc1.[Cl][Mo][Cl].[N-]=O.[N-]=O. The fraction of sp³-hybridized carbons (Fsp3) is 0.545. The Bertz CT molecular complexity index is 508. The van der Waals surface area contributed by atoms with Crippen LogP contribution in [0.2, 0.25) is 0 Å². The van der Waals surface area contributed by atoms with Crippen LogP contribution in [0.25, 0.3) is 11.2 Å². The quantitative estimate of drug-likeness (QED) is 0.218. The molecule has 0 aliphatic carbocycles. The van der Waals surface area contributed by atoms with Crippen LogP contribution in [0, 0.1) is 9.81 Å². The van der Waals surface area contributed by atoms with Gasteiger partial charge in [0.15, 0.2) is 0 Å². The number of nitrogens with zero attached hydrogens (tertiary/aromatic N) is 4. The summed E-state index contributed by atoms with van der Waals surface area (Å²) in [6, 6.07) is 8.32. The number of nitroso groups, excluding NO2 is 2. The van der Waals surface area contributed by atoms with Crippen molar-refractivity contribution in [3.05, 3.63) is 81.2 Å². The molecule has 0 saturated heterocycles. The molecule has 0 spiro atoms. The zero-order chi connectivity index (χ0) is 24.0. The molecule has 0 amide bonds. The topological polar surface area (TPSA) is 105 Å². The van der Waals surface area contributed by atoms with Crippen molar-refractivity contribution in [2.75, 3.05) is 0 Å². The van der Waals surface area contributed by atoms with Gasteiger partial charge in [0.05, 0.1) is 0 Å². The smallest absolute Gasteiger partial charge is 0.423 e. The first-order chi connectivity index (χ1) is 15.3. The summed E-state index contributed by atoms with van der Waals surface area (Å²) in [6.07, 6.45) is 20.6. The van der Waals surface area contributed by atoms with Gasteiger partial charge in [0.25, 0.3) is 0 Å². The summed E-state index contributed by atoms with van der Waals surface area (Å²) in [6.45, 7) is 4.48. The number of hydrogen-bond donors (Lipinski definition) is 0. The molecule has 0 bridgehead atoms. The van der Waals surface area contributed by atoms with Crippen LogP contribution in [0.3, 0.4) is 0 Å². The van der Waals surface area contributed by atoms with Gasteiger partial charge < -0.3 is 21.0 Å². The Kier molecular flexibility index (Phi) is 37.1. The molecule has 0 unspecified atom stereocenters. The normalized spacial score (nSPS) is 8.65. The van der Waals surface area contributed by atoms with Crippen molar-refractivity contribution in [3.8, 4) is 0 Å². The molecule has 9 heteroatoms. The summed E-state index contributed by atoms with van der Waals surface area (Å²) in [5.74, 6) is 0. The Morgan fingerprint density at radius 2 is 1.06 bits per heavy atom. The summed E-state index contributed by atoms with van der Waals surface area (Å²) in [4.78, 5) is 22.7. The van der Waals surface area contributed by atoms with E-state index in [1.807, 2.05) is 36.9 Å². The Balaban J connectivity index is -0.000000393. The van der Waals surface area contributed by atoms with Gasteiger partial charge in [0.2, 0.25) is 0 Å². The number of aromatic nitrogens is 2. The monoisotopic (exact) mass is 554 g/mol. The van der Waals surface area contributed by atoms with Crippen LogP contribution in [0.15, 0.2) is 49.1 Å². The minimum Gasteiger partial charge on any atom is -0.577 e. The first-order valence-corrected chi connectivity index (χ1v) is 15.5. The number of halogens is 2. The first-order valence-electron chi connectivity index (χ1n) is 10.3. The molecule has 0 fully saturated rings. The molecule has 0 aliphatic heterocycles.